The molecule has 0 aliphatic heterocycles. The van der Waals surface area contributed by atoms with E-state index in [1.165, 1.54) is 5.56 Å². The third-order valence-electron chi connectivity index (χ3n) is 3.72. The fourth-order valence-corrected chi connectivity index (χ4v) is 2.60. The predicted octanol–water partition coefficient (Wildman–Crippen LogP) is 5.21. The van der Waals surface area contributed by atoms with Gasteiger partial charge in [0.15, 0.2) is 0 Å². The SMILES string of the molecule is O=C(Nc1ccccc1Cl)c1cccc(OCCc2ccccc2)c1. The Bertz CT molecular complexity index is 849. The monoisotopic (exact) mass is 351 g/mol. The summed E-state index contributed by atoms with van der Waals surface area (Å²) in [5.74, 6) is 0.448. The highest BCUT2D eigenvalue weighted by atomic mass is 35.5. The molecule has 0 saturated heterocycles. The second-order valence-electron chi connectivity index (χ2n) is 5.55. The molecule has 1 N–H and O–H groups in total. The Kier molecular flexibility index (Phi) is 5.70. The van der Waals surface area contributed by atoms with Gasteiger partial charge in [0.05, 0.1) is 17.3 Å². The molecule has 0 aliphatic carbocycles. The minimum Gasteiger partial charge on any atom is -0.493 e. The molecule has 25 heavy (non-hydrogen) atoms. The maximum Gasteiger partial charge on any atom is 0.255 e. The summed E-state index contributed by atoms with van der Waals surface area (Å²) in [6.07, 6.45) is 0.816. The number of benzene rings is 3. The molecule has 0 radical (unpaired) electrons. The van der Waals surface area contributed by atoms with Crippen LogP contribution in [0.2, 0.25) is 5.02 Å². The number of carbonyl (C=O) groups is 1. The van der Waals surface area contributed by atoms with E-state index < -0.39 is 0 Å². The first kappa shape index (κ1) is 17.1. The number of hydrogen-bond donors (Lipinski definition) is 1. The molecule has 3 aromatic carbocycles. The van der Waals surface area contributed by atoms with Crippen LogP contribution in [0.3, 0.4) is 0 Å². The van der Waals surface area contributed by atoms with Gasteiger partial charge in [-0.2, -0.15) is 0 Å². The average Bonchev–Trinajstić information content (AvgIpc) is 2.65. The van der Waals surface area contributed by atoms with Gasteiger partial charge in [0, 0.05) is 12.0 Å². The fraction of sp³-hybridized carbons (Fsp3) is 0.0952. The highest BCUT2D eigenvalue weighted by Gasteiger charge is 2.09. The Balaban J connectivity index is 1.61. The zero-order valence-corrected chi connectivity index (χ0v) is 14.4. The molecule has 0 heterocycles. The quantitative estimate of drug-likeness (QED) is 0.661. The summed E-state index contributed by atoms with van der Waals surface area (Å²) in [7, 11) is 0. The van der Waals surface area contributed by atoms with Crippen LogP contribution < -0.4 is 10.1 Å². The van der Waals surface area contributed by atoms with Crippen molar-refractivity contribution < 1.29 is 9.53 Å². The standard InChI is InChI=1S/C21H18ClNO2/c22-19-11-4-5-12-20(19)23-21(24)17-9-6-10-18(15-17)25-14-13-16-7-2-1-3-8-16/h1-12,15H,13-14H2,(H,23,24). The van der Waals surface area contributed by atoms with Crippen LogP contribution in [-0.2, 0) is 6.42 Å². The van der Waals surface area contributed by atoms with E-state index in [1.807, 2.05) is 36.4 Å². The minimum atomic E-state index is -0.221. The Hall–Kier alpha value is -2.78. The van der Waals surface area contributed by atoms with Crippen molar-refractivity contribution in [2.75, 3.05) is 11.9 Å². The first-order valence-electron chi connectivity index (χ1n) is 8.05. The van der Waals surface area contributed by atoms with E-state index in [9.17, 15) is 4.79 Å². The summed E-state index contributed by atoms with van der Waals surface area (Å²) in [6.45, 7) is 0.555. The van der Waals surface area contributed by atoms with Crippen molar-refractivity contribution in [2.45, 2.75) is 6.42 Å². The van der Waals surface area contributed by atoms with Gasteiger partial charge in [0.25, 0.3) is 5.91 Å². The summed E-state index contributed by atoms with van der Waals surface area (Å²) < 4.78 is 5.77. The van der Waals surface area contributed by atoms with Crippen LogP contribution in [0.25, 0.3) is 0 Å². The fourth-order valence-electron chi connectivity index (χ4n) is 2.42. The van der Waals surface area contributed by atoms with Crippen molar-refractivity contribution in [3.8, 4) is 5.75 Å². The maximum atomic E-state index is 12.4. The molecule has 0 saturated carbocycles. The molecule has 0 aliphatic rings. The number of amides is 1. The summed E-state index contributed by atoms with van der Waals surface area (Å²) in [6, 6.07) is 24.4. The molecule has 0 bridgehead atoms. The van der Waals surface area contributed by atoms with E-state index in [2.05, 4.69) is 17.4 Å². The molecule has 3 aromatic rings. The third kappa shape index (κ3) is 4.85. The largest absolute Gasteiger partial charge is 0.493 e. The minimum absolute atomic E-state index is 0.221. The van der Waals surface area contributed by atoms with Gasteiger partial charge in [-0.05, 0) is 35.9 Å². The number of nitrogens with one attached hydrogen (secondary N) is 1. The number of carbonyl (C=O) groups excluding carboxylic acids is 1. The Morgan fingerprint density at radius 2 is 1.68 bits per heavy atom. The first-order chi connectivity index (χ1) is 12.2. The molecule has 126 valence electrons. The molecule has 0 fully saturated rings. The van der Waals surface area contributed by atoms with E-state index in [0.717, 1.165) is 6.42 Å². The van der Waals surface area contributed by atoms with Gasteiger partial charge in [-0.25, -0.2) is 0 Å². The van der Waals surface area contributed by atoms with Gasteiger partial charge in [-0.3, -0.25) is 4.79 Å². The lowest BCUT2D eigenvalue weighted by molar-refractivity contribution is 0.102. The van der Waals surface area contributed by atoms with E-state index in [1.54, 1.807) is 30.3 Å². The highest BCUT2D eigenvalue weighted by molar-refractivity contribution is 6.33. The molecular formula is C21H18ClNO2. The van der Waals surface area contributed by atoms with E-state index in [-0.39, 0.29) is 5.91 Å². The van der Waals surface area contributed by atoms with Gasteiger partial charge < -0.3 is 10.1 Å². The number of hydrogen-bond acceptors (Lipinski definition) is 2. The predicted molar refractivity (Wildman–Crippen MR) is 101 cm³/mol. The molecule has 0 spiro atoms. The topological polar surface area (TPSA) is 38.3 Å². The number of para-hydroxylation sites is 1. The van der Waals surface area contributed by atoms with Crippen molar-refractivity contribution in [2.24, 2.45) is 0 Å². The van der Waals surface area contributed by atoms with E-state index in [0.29, 0.717) is 28.6 Å². The smallest absolute Gasteiger partial charge is 0.255 e. The van der Waals surface area contributed by atoms with Crippen LogP contribution in [0.1, 0.15) is 15.9 Å². The van der Waals surface area contributed by atoms with Crippen LogP contribution >= 0.6 is 11.6 Å². The van der Waals surface area contributed by atoms with E-state index >= 15 is 0 Å². The second kappa shape index (κ2) is 8.36. The Morgan fingerprint density at radius 1 is 0.920 bits per heavy atom. The van der Waals surface area contributed by atoms with Crippen LogP contribution in [0.5, 0.6) is 5.75 Å². The van der Waals surface area contributed by atoms with Crippen LogP contribution in [0.15, 0.2) is 78.9 Å². The second-order valence-corrected chi connectivity index (χ2v) is 5.95. The molecule has 0 unspecified atom stereocenters. The number of ether oxygens (including phenoxy) is 1. The zero-order valence-electron chi connectivity index (χ0n) is 13.6. The Morgan fingerprint density at radius 3 is 2.48 bits per heavy atom. The first-order valence-corrected chi connectivity index (χ1v) is 8.43. The lowest BCUT2D eigenvalue weighted by Gasteiger charge is -2.10. The van der Waals surface area contributed by atoms with Gasteiger partial charge in [0.2, 0.25) is 0 Å². The third-order valence-corrected chi connectivity index (χ3v) is 4.05. The van der Waals surface area contributed by atoms with Gasteiger partial charge in [-0.15, -0.1) is 0 Å². The normalized spacial score (nSPS) is 10.3. The summed E-state index contributed by atoms with van der Waals surface area (Å²) >= 11 is 6.07. The van der Waals surface area contributed by atoms with Crippen molar-refractivity contribution in [1.82, 2.24) is 0 Å². The molecular weight excluding hydrogens is 334 g/mol. The molecule has 1 amide bonds. The molecule has 0 aromatic heterocycles. The lowest BCUT2D eigenvalue weighted by Crippen LogP contribution is -2.12. The van der Waals surface area contributed by atoms with Crippen LogP contribution in [-0.4, -0.2) is 12.5 Å². The molecule has 3 rings (SSSR count). The number of halogens is 1. The molecule has 0 atom stereocenters. The van der Waals surface area contributed by atoms with E-state index in [4.69, 9.17) is 16.3 Å². The summed E-state index contributed by atoms with van der Waals surface area (Å²) in [5.41, 5.74) is 2.33. The maximum absolute atomic E-state index is 12.4. The van der Waals surface area contributed by atoms with Crippen LogP contribution in [0, 0.1) is 0 Å². The van der Waals surface area contributed by atoms with Gasteiger partial charge in [-0.1, -0.05) is 60.1 Å². The van der Waals surface area contributed by atoms with Crippen molar-refractivity contribution >= 4 is 23.2 Å². The molecule has 4 heteroatoms. The average molecular weight is 352 g/mol. The zero-order chi connectivity index (χ0) is 17.5. The number of rotatable bonds is 6. The van der Waals surface area contributed by atoms with Crippen molar-refractivity contribution in [3.05, 3.63) is 95.0 Å². The molecule has 3 nitrogen and oxygen atoms in total. The van der Waals surface area contributed by atoms with Gasteiger partial charge >= 0.3 is 0 Å². The summed E-state index contributed by atoms with van der Waals surface area (Å²) in [4.78, 5) is 12.4. The summed E-state index contributed by atoms with van der Waals surface area (Å²) in [5, 5.41) is 3.31. The van der Waals surface area contributed by atoms with Crippen LogP contribution in [0.4, 0.5) is 5.69 Å². The highest BCUT2D eigenvalue weighted by Crippen LogP contribution is 2.22. The Labute approximate surface area is 152 Å². The lowest BCUT2D eigenvalue weighted by atomic mass is 10.1. The van der Waals surface area contributed by atoms with Gasteiger partial charge in [0.1, 0.15) is 5.75 Å². The number of anilines is 1. The van der Waals surface area contributed by atoms with Crippen molar-refractivity contribution in [3.63, 3.8) is 0 Å². The van der Waals surface area contributed by atoms with Crippen molar-refractivity contribution in [1.29, 1.82) is 0 Å².